The Morgan fingerprint density at radius 3 is 2.46 bits per heavy atom. The van der Waals surface area contributed by atoms with E-state index in [4.69, 9.17) is 5.26 Å². The van der Waals surface area contributed by atoms with E-state index in [1.807, 2.05) is 18.2 Å². The molecule has 2 aliphatic rings. The van der Waals surface area contributed by atoms with Crippen LogP contribution < -0.4 is 0 Å². The molecule has 0 atom stereocenters. The highest BCUT2D eigenvalue weighted by atomic mass is 16.2. The normalized spacial score (nSPS) is 20.2. The van der Waals surface area contributed by atoms with Gasteiger partial charge in [0.2, 0.25) is 5.91 Å². The van der Waals surface area contributed by atoms with Crippen LogP contribution in [0.25, 0.3) is 0 Å². The highest BCUT2D eigenvalue weighted by Crippen LogP contribution is 2.13. The third-order valence-electron chi connectivity index (χ3n) is 5.46. The van der Waals surface area contributed by atoms with Gasteiger partial charge in [0, 0.05) is 32.7 Å². The summed E-state index contributed by atoms with van der Waals surface area (Å²) in [7, 11) is 0. The van der Waals surface area contributed by atoms with Crippen molar-refractivity contribution in [1.29, 1.82) is 5.26 Å². The number of hydrogen-bond donors (Lipinski definition) is 0. The number of likely N-dealkylation sites (tertiary alicyclic amines) is 1. The van der Waals surface area contributed by atoms with Crippen LogP contribution in [0.3, 0.4) is 0 Å². The van der Waals surface area contributed by atoms with E-state index in [1.165, 1.54) is 31.2 Å². The summed E-state index contributed by atoms with van der Waals surface area (Å²) in [6.45, 7) is 7.16. The maximum atomic E-state index is 12.7. The van der Waals surface area contributed by atoms with E-state index in [0.717, 1.165) is 52.2 Å². The molecule has 2 aliphatic heterocycles. The molecule has 0 aromatic heterocycles. The molecule has 0 N–H and O–H groups in total. The van der Waals surface area contributed by atoms with Crippen LogP contribution in [-0.4, -0.2) is 66.4 Å². The first-order valence-corrected chi connectivity index (χ1v) is 9.96. The number of carbonyl (C=O) groups excluding carboxylic acids is 1. The van der Waals surface area contributed by atoms with Crippen LogP contribution in [0.1, 0.15) is 43.2 Å². The molecule has 2 saturated heterocycles. The molecule has 26 heavy (non-hydrogen) atoms. The van der Waals surface area contributed by atoms with Crippen molar-refractivity contribution < 1.29 is 4.79 Å². The maximum Gasteiger partial charge on any atom is 0.236 e. The van der Waals surface area contributed by atoms with Crippen LogP contribution in [0.15, 0.2) is 24.3 Å². The molecular formula is C21H30N4O. The van der Waals surface area contributed by atoms with Crippen molar-refractivity contribution in [1.82, 2.24) is 14.7 Å². The minimum Gasteiger partial charge on any atom is -0.340 e. The first-order chi connectivity index (χ1) is 12.7. The minimum atomic E-state index is 0.292. The fourth-order valence-electron chi connectivity index (χ4n) is 3.96. The average Bonchev–Trinajstić information content (AvgIpc) is 3.05. The average molecular weight is 354 g/mol. The second-order valence-corrected chi connectivity index (χ2v) is 7.51. The van der Waals surface area contributed by atoms with Gasteiger partial charge in [0.05, 0.1) is 18.2 Å². The Morgan fingerprint density at radius 1 is 0.923 bits per heavy atom. The van der Waals surface area contributed by atoms with E-state index >= 15 is 0 Å². The van der Waals surface area contributed by atoms with Gasteiger partial charge in [-0.2, -0.15) is 5.26 Å². The Labute approximate surface area is 157 Å². The van der Waals surface area contributed by atoms with Crippen molar-refractivity contribution in [3.63, 3.8) is 0 Å². The Balaban J connectivity index is 1.49. The number of rotatable bonds is 4. The minimum absolute atomic E-state index is 0.292. The molecule has 5 heteroatoms. The van der Waals surface area contributed by atoms with Gasteiger partial charge in [-0.25, -0.2) is 0 Å². The van der Waals surface area contributed by atoms with Crippen LogP contribution in [0.2, 0.25) is 0 Å². The Morgan fingerprint density at radius 2 is 1.69 bits per heavy atom. The summed E-state index contributed by atoms with van der Waals surface area (Å²) >= 11 is 0. The van der Waals surface area contributed by atoms with Gasteiger partial charge in [0.15, 0.2) is 0 Å². The fourth-order valence-corrected chi connectivity index (χ4v) is 3.96. The Hall–Kier alpha value is -1.90. The van der Waals surface area contributed by atoms with Crippen molar-refractivity contribution >= 4 is 5.91 Å². The van der Waals surface area contributed by atoms with Gasteiger partial charge >= 0.3 is 0 Å². The lowest BCUT2D eigenvalue weighted by atomic mass is 10.1. The summed E-state index contributed by atoms with van der Waals surface area (Å²) in [5, 5.41) is 9.05. The lowest BCUT2D eigenvalue weighted by Crippen LogP contribution is -2.42. The highest BCUT2D eigenvalue weighted by Gasteiger charge is 2.21. The molecular weight excluding hydrogens is 324 g/mol. The van der Waals surface area contributed by atoms with E-state index in [0.29, 0.717) is 18.0 Å². The van der Waals surface area contributed by atoms with Gasteiger partial charge in [-0.15, -0.1) is 0 Å². The second-order valence-electron chi connectivity index (χ2n) is 7.51. The first-order valence-electron chi connectivity index (χ1n) is 9.96. The van der Waals surface area contributed by atoms with E-state index in [2.05, 4.69) is 26.8 Å². The molecule has 1 aromatic carbocycles. The summed E-state index contributed by atoms with van der Waals surface area (Å²) in [6.07, 6.45) is 6.07. The van der Waals surface area contributed by atoms with E-state index in [1.54, 1.807) is 0 Å². The van der Waals surface area contributed by atoms with Crippen LogP contribution in [0.5, 0.6) is 0 Å². The highest BCUT2D eigenvalue weighted by molar-refractivity contribution is 5.78. The number of carbonyl (C=O) groups is 1. The number of amides is 1. The predicted molar refractivity (Wildman–Crippen MR) is 103 cm³/mol. The summed E-state index contributed by atoms with van der Waals surface area (Å²) in [5.41, 5.74) is 1.89. The van der Waals surface area contributed by atoms with Gasteiger partial charge in [-0.05, 0) is 50.0 Å². The SMILES string of the molecule is N#Cc1cccc(CN2CCCN(C(=O)CN3CCCCCC3)CC2)c1. The van der Waals surface area contributed by atoms with Gasteiger partial charge < -0.3 is 4.90 Å². The van der Waals surface area contributed by atoms with Crippen molar-refractivity contribution in [3.8, 4) is 6.07 Å². The standard InChI is InChI=1S/C21H30N4O/c22-16-19-7-5-8-20(15-19)17-24-11-6-12-25(14-13-24)21(26)18-23-9-3-1-2-4-10-23/h5,7-8,15H,1-4,6,9-14,17-18H2. The lowest BCUT2D eigenvalue weighted by molar-refractivity contribution is -0.132. The first kappa shape index (κ1) is 18.9. The van der Waals surface area contributed by atoms with Crippen LogP contribution in [0.4, 0.5) is 0 Å². The smallest absolute Gasteiger partial charge is 0.236 e. The summed E-state index contributed by atoms with van der Waals surface area (Å²) < 4.78 is 0. The third-order valence-corrected chi connectivity index (χ3v) is 5.46. The summed E-state index contributed by atoms with van der Waals surface area (Å²) in [6, 6.07) is 10.0. The van der Waals surface area contributed by atoms with Gasteiger partial charge in [-0.1, -0.05) is 25.0 Å². The van der Waals surface area contributed by atoms with Crippen molar-refractivity contribution in [2.45, 2.75) is 38.6 Å². The monoisotopic (exact) mass is 354 g/mol. The lowest BCUT2D eigenvalue weighted by Gasteiger charge is -2.26. The van der Waals surface area contributed by atoms with Gasteiger partial charge in [0.25, 0.3) is 0 Å². The topological polar surface area (TPSA) is 50.6 Å². The molecule has 2 fully saturated rings. The van der Waals surface area contributed by atoms with Crippen molar-refractivity contribution in [3.05, 3.63) is 35.4 Å². The van der Waals surface area contributed by atoms with Gasteiger partial charge in [0.1, 0.15) is 0 Å². The zero-order chi connectivity index (χ0) is 18.2. The molecule has 2 heterocycles. The summed E-state index contributed by atoms with van der Waals surface area (Å²) in [4.78, 5) is 19.5. The number of nitriles is 1. The predicted octanol–water partition coefficient (Wildman–Crippen LogP) is 2.47. The van der Waals surface area contributed by atoms with E-state index < -0.39 is 0 Å². The molecule has 0 saturated carbocycles. The largest absolute Gasteiger partial charge is 0.340 e. The maximum absolute atomic E-state index is 12.7. The molecule has 5 nitrogen and oxygen atoms in total. The van der Waals surface area contributed by atoms with E-state index in [-0.39, 0.29) is 0 Å². The van der Waals surface area contributed by atoms with Crippen LogP contribution >= 0.6 is 0 Å². The fraction of sp³-hybridized carbons (Fsp3) is 0.619. The molecule has 0 spiro atoms. The summed E-state index contributed by atoms with van der Waals surface area (Å²) in [5.74, 6) is 0.292. The van der Waals surface area contributed by atoms with E-state index in [9.17, 15) is 4.79 Å². The molecule has 0 radical (unpaired) electrons. The number of nitrogens with zero attached hydrogens (tertiary/aromatic N) is 4. The second kappa shape index (κ2) is 9.70. The molecule has 3 rings (SSSR count). The molecule has 1 aromatic rings. The van der Waals surface area contributed by atoms with Crippen molar-refractivity contribution in [2.75, 3.05) is 45.8 Å². The van der Waals surface area contributed by atoms with Gasteiger partial charge in [-0.3, -0.25) is 14.6 Å². The number of hydrogen-bond acceptors (Lipinski definition) is 4. The van der Waals surface area contributed by atoms with Crippen LogP contribution in [-0.2, 0) is 11.3 Å². The molecule has 0 unspecified atom stereocenters. The zero-order valence-corrected chi connectivity index (χ0v) is 15.7. The number of benzene rings is 1. The molecule has 0 bridgehead atoms. The molecule has 1 amide bonds. The Kier molecular flexibility index (Phi) is 7.04. The Bertz CT molecular complexity index is 631. The van der Waals surface area contributed by atoms with Crippen LogP contribution in [0, 0.1) is 11.3 Å². The third kappa shape index (κ3) is 5.55. The van der Waals surface area contributed by atoms with Crippen molar-refractivity contribution in [2.24, 2.45) is 0 Å². The molecule has 140 valence electrons. The zero-order valence-electron chi connectivity index (χ0n) is 15.7. The molecule has 0 aliphatic carbocycles. The quantitative estimate of drug-likeness (QED) is 0.833.